The molecule has 2 rings (SSSR count). The standard InChI is InChI=1S/C13H20N4O/c1-4-6-14-8-11-13(18-9-15-11)12-7-10(5-2)16-17(12)3/h7,9,14H,4-6,8H2,1-3H3. The molecule has 2 aromatic heterocycles. The lowest BCUT2D eigenvalue weighted by Gasteiger charge is -2.02. The number of aromatic nitrogens is 3. The Bertz CT molecular complexity index is 501. The van der Waals surface area contributed by atoms with Crippen molar-refractivity contribution in [2.75, 3.05) is 6.54 Å². The number of aryl methyl sites for hydroxylation is 2. The lowest BCUT2D eigenvalue weighted by molar-refractivity contribution is 0.561. The summed E-state index contributed by atoms with van der Waals surface area (Å²) in [6.07, 6.45) is 3.53. The van der Waals surface area contributed by atoms with Crippen molar-refractivity contribution in [3.63, 3.8) is 0 Å². The smallest absolute Gasteiger partial charge is 0.181 e. The van der Waals surface area contributed by atoms with E-state index in [1.807, 2.05) is 11.7 Å². The molecule has 0 atom stereocenters. The number of hydrogen-bond acceptors (Lipinski definition) is 4. The summed E-state index contributed by atoms with van der Waals surface area (Å²) in [5.74, 6) is 0.813. The van der Waals surface area contributed by atoms with Crippen LogP contribution in [0.2, 0.25) is 0 Å². The highest BCUT2D eigenvalue weighted by atomic mass is 16.3. The first-order valence-corrected chi connectivity index (χ1v) is 6.42. The predicted molar refractivity (Wildman–Crippen MR) is 70.1 cm³/mol. The van der Waals surface area contributed by atoms with Crippen LogP contribution in [-0.2, 0) is 20.0 Å². The zero-order valence-corrected chi connectivity index (χ0v) is 11.2. The van der Waals surface area contributed by atoms with Crippen LogP contribution in [0.4, 0.5) is 0 Å². The molecule has 0 aliphatic heterocycles. The second-order valence-corrected chi connectivity index (χ2v) is 4.30. The maximum absolute atomic E-state index is 5.51. The first-order valence-electron chi connectivity index (χ1n) is 6.42. The molecule has 5 nitrogen and oxygen atoms in total. The zero-order chi connectivity index (χ0) is 13.0. The van der Waals surface area contributed by atoms with Gasteiger partial charge in [0, 0.05) is 13.6 Å². The molecule has 0 saturated carbocycles. The molecule has 0 unspecified atom stereocenters. The van der Waals surface area contributed by atoms with Crippen LogP contribution in [0, 0.1) is 0 Å². The SMILES string of the molecule is CCCNCc1ncoc1-c1cc(CC)nn1C. The summed E-state index contributed by atoms with van der Waals surface area (Å²) in [4.78, 5) is 4.27. The molecule has 0 aliphatic rings. The molecule has 0 aromatic carbocycles. The maximum Gasteiger partial charge on any atom is 0.181 e. The Morgan fingerprint density at radius 2 is 2.22 bits per heavy atom. The van der Waals surface area contributed by atoms with Crippen molar-refractivity contribution < 1.29 is 4.42 Å². The topological polar surface area (TPSA) is 55.9 Å². The van der Waals surface area contributed by atoms with Crippen molar-refractivity contribution in [3.8, 4) is 11.5 Å². The summed E-state index contributed by atoms with van der Waals surface area (Å²) in [6, 6.07) is 2.06. The highest BCUT2D eigenvalue weighted by molar-refractivity contribution is 5.55. The zero-order valence-electron chi connectivity index (χ0n) is 11.2. The van der Waals surface area contributed by atoms with Gasteiger partial charge in [-0.1, -0.05) is 13.8 Å². The Kier molecular flexibility index (Phi) is 4.15. The molecule has 2 aromatic rings. The van der Waals surface area contributed by atoms with Gasteiger partial charge in [0.1, 0.15) is 11.4 Å². The van der Waals surface area contributed by atoms with E-state index in [-0.39, 0.29) is 0 Å². The van der Waals surface area contributed by atoms with Crippen molar-refractivity contribution in [1.29, 1.82) is 0 Å². The molecular weight excluding hydrogens is 228 g/mol. The molecule has 0 amide bonds. The monoisotopic (exact) mass is 248 g/mol. The normalized spacial score (nSPS) is 11.1. The van der Waals surface area contributed by atoms with Gasteiger partial charge in [-0.2, -0.15) is 5.10 Å². The van der Waals surface area contributed by atoms with Gasteiger partial charge in [-0.25, -0.2) is 4.98 Å². The Labute approximate surface area is 107 Å². The van der Waals surface area contributed by atoms with Crippen LogP contribution in [-0.4, -0.2) is 21.3 Å². The maximum atomic E-state index is 5.51. The fourth-order valence-corrected chi connectivity index (χ4v) is 1.90. The van der Waals surface area contributed by atoms with E-state index in [1.54, 1.807) is 0 Å². The first-order chi connectivity index (χ1) is 8.76. The summed E-state index contributed by atoms with van der Waals surface area (Å²) in [5, 5.41) is 7.77. The Hall–Kier alpha value is -1.62. The highest BCUT2D eigenvalue weighted by Gasteiger charge is 2.15. The molecule has 0 radical (unpaired) electrons. The Morgan fingerprint density at radius 1 is 1.39 bits per heavy atom. The van der Waals surface area contributed by atoms with E-state index < -0.39 is 0 Å². The molecule has 0 bridgehead atoms. The summed E-state index contributed by atoms with van der Waals surface area (Å²) in [5.41, 5.74) is 2.99. The molecule has 1 N–H and O–H groups in total. The van der Waals surface area contributed by atoms with Gasteiger partial charge >= 0.3 is 0 Å². The number of rotatable bonds is 6. The fourth-order valence-electron chi connectivity index (χ4n) is 1.90. The molecule has 0 aliphatic carbocycles. The Balaban J connectivity index is 2.21. The molecule has 18 heavy (non-hydrogen) atoms. The molecular formula is C13H20N4O. The van der Waals surface area contributed by atoms with E-state index in [0.717, 1.165) is 48.8 Å². The highest BCUT2D eigenvalue weighted by Crippen LogP contribution is 2.23. The molecule has 5 heteroatoms. The number of hydrogen-bond donors (Lipinski definition) is 1. The van der Waals surface area contributed by atoms with Crippen LogP contribution in [0.1, 0.15) is 31.7 Å². The van der Waals surface area contributed by atoms with Gasteiger partial charge in [-0.05, 0) is 25.5 Å². The van der Waals surface area contributed by atoms with Crippen LogP contribution < -0.4 is 5.32 Å². The van der Waals surface area contributed by atoms with E-state index in [0.29, 0.717) is 0 Å². The van der Waals surface area contributed by atoms with Crippen molar-refractivity contribution in [1.82, 2.24) is 20.1 Å². The van der Waals surface area contributed by atoms with Crippen LogP contribution >= 0.6 is 0 Å². The van der Waals surface area contributed by atoms with E-state index >= 15 is 0 Å². The van der Waals surface area contributed by atoms with Crippen LogP contribution in [0.5, 0.6) is 0 Å². The van der Waals surface area contributed by atoms with E-state index in [9.17, 15) is 0 Å². The predicted octanol–water partition coefficient (Wildman–Crippen LogP) is 2.14. The van der Waals surface area contributed by atoms with Crippen molar-refractivity contribution in [2.24, 2.45) is 7.05 Å². The fraction of sp³-hybridized carbons (Fsp3) is 0.538. The molecule has 0 fully saturated rings. The minimum atomic E-state index is 0.728. The second kappa shape index (κ2) is 5.82. The third-order valence-electron chi connectivity index (χ3n) is 2.89. The minimum Gasteiger partial charge on any atom is -0.442 e. The third kappa shape index (κ3) is 2.61. The van der Waals surface area contributed by atoms with Gasteiger partial charge in [-0.15, -0.1) is 0 Å². The first kappa shape index (κ1) is 12.8. The van der Waals surface area contributed by atoms with Crippen molar-refractivity contribution in [3.05, 3.63) is 23.8 Å². The molecule has 0 spiro atoms. The number of nitrogens with one attached hydrogen (secondary N) is 1. The number of oxazole rings is 1. The molecule has 98 valence electrons. The quantitative estimate of drug-likeness (QED) is 0.796. The molecule has 0 saturated heterocycles. The Morgan fingerprint density at radius 3 is 2.89 bits per heavy atom. The van der Waals surface area contributed by atoms with Crippen LogP contribution in [0.25, 0.3) is 11.5 Å². The molecule has 2 heterocycles. The lowest BCUT2D eigenvalue weighted by Crippen LogP contribution is -2.14. The summed E-state index contributed by atoms with van der Waals surface area (Å²) in [6.45, 7) is 5.95. The third-order valence-corrected chi connectivity index (χ3v) is 2.89. The van der Waals surface area contributed by atoms with E-state index in [2.05, 4.69) is 35.3 Å². The average molecular weight is 248 g/mol. The summed E-state index contributed by atoms with van der Waals surface area (Å²) < 4.78 is 7.36. The van der Waals surface area contributed by atoms with Gasteiger partial charge in [0.05, 0.1) is 5.69 Å². The van der Waals surface area contributed by atoms with Gasteiger partial charge in [0.2, 0.25) is 0 Å². The van der Waals surface area contributed by atoms with Gasteiger partial charge < -0.3 is 9.73 Å². The average Bonchev–Trinajstić information content (AvgIpc) is 2.95. The van der Waals surface area contributed by atoms with E-state index in [4.69, 9.17) is 4.42 Å². The number of nitrogens with zero attached hydrogens (tertiary/aromatic N) is 3. The van der Waals surface area contributed by atoms with Crippen LogP contribution in [0.3, 0.4) is 0 Å². The van der Waals surface area contributed by atoms with Gasteiger partial charge in [0.15, 0.2) is 12.2 Å². The summed E-state index contributed by atoms with van der Waals surface area (Å²) >= 11 is 0. The van der Waals surface area contributed by atoms with Crippen molar-refractivity contribution >= 4 is 0 Å². The van der Waals surface area contributed by atoms with Crippen molar-refractivity contribution in [2.45, 2.75) is 33.2 Å². The summed E-state index contributed by atoms with van der Waals surface area (Å²) in [7, 11) is 1.93. The van der Waals surface area contributed by atoms with Crippen LogP contribution in [0.15, 0.2) is 16.9 Å². The van der Waals surface area contributed by atoms with Gasteiger partial charge in [0.25, 0.3) is 0 Å². The largest absolute Gasteiger partial charge is 0.442 e. The van der Waals surface area contributed by atoms with E-state index in [1.165, 1.54) is 6.39 Å². The second-order valence-electron chi connectivity index (χ2n) is 4.30. The lowest BCUT2D eigenvalue weighted by atomic mass is 10.2. The van der Waals surface area contributed by atoms with Gasteiger partial charge in [-0.3, -0.25) is 4.68 Å². The minimum absolute atomic E-state index is 0.728.